The van der Waals surface area contributed by atoms with Crippen LogP contribution in [-0.4, -0.2) is 39.5 Å². The first kappa shape index (κ1) is 22.4. The molecule has 0 aromatic carbocycles. The van der Waals surface area contributed by atoms with Gasteiger partial charge in [-0.25, -0.2) is 14.8 Å². The van der Waals surface area contributed by atoms with Gasteiger partial charge in [0, 0.05) is 12.1 Å². The first-order chi connectivity index (χ1) is 13.6. The Hall–Kier alpha value is -2.86. The molecule has 2 N–H and O–H groups in total. The number of ether oxygens (including phenoxy) is 1. The molecule has 10 heteroatoms. The fourth-order valence-corrected chi connectivity index (χ4v) is 3.01. The van der Waals surface area contributed by atoms with Gasteiger partial charge in [0.15, 0.2) is 0 Å². The van der Waals surface area contributed by atoms with Crippen LogP contribution in [0.15, 0.2) is 18.3 Å². The zero-order valence-electron chi connectivity index (χ0n) is 16.6. The third-order valence-electron chi connectivity index (χ3n) is 4.18. The quantitative estimate of drug-likeness (QED) is 0.558. The monoisotopic (exact) mass is 421 g/mol. The molecule has 1 aromatic rings. The molecule has 0 spiro atoms. The van der Waals surface area contributed by atoms with E-state index in [0.29, 0.717) is 17.9 Å². The molecule has 3 amide bonds. The van der Waals surface area contributed by atoms with Gasteiger partial charge in [-0.1, -0.05) is 18.0 Å². The van der Waals surface area contributed by atoms with Gasteiger partial charge >= 0.3 is 17.9 Å². The van der Waals surface area contributed by atoms with Gasteiger partial charge < -0.3 is 10.1 Å². The Morgan fingerprint density at radius 2 is 2.00 bits per heavy atom. The summed E-state index contributed by atoms with van der Waals surface area (Å²) in [6.07, 6.45) is 2.96. The minimum Gasteiger partial charge on any atom is -0.442 e. The highest BCUT2D eigenvalue weighted by Crippen LogP contribution is 2.27. The number of carbonyl (C=O) groups is 3. The van der Waals surface area contributed by atoms with Gasteiger partial charge in [0.2, 0.25) is 0 Å². The Bertz CT molecular complexity index is 800. The van der Waals surface area contributed by atoms with Crippen molar-refractivity contribution >= 4 is 35.3 Å². The number of halogens is 1. The third-order valence-corrected chi connectivity index (χ3v) is 4.41. The van der Waals surface area contributed by atoms with E-state index in [1.54, 1.807) is 20.8 Å². The Balaban J connectivity index is 2.11. The van der Waals surface area contributed by atoms with Crippen LogP contribution in [0, 0.1) is 17.2 Å². The molecule has 1 aromatic heterocycles. The van der Waals surface area contributed by atoms with E-state index in [9.17, 15) is 19.6 Å². The van der Waals surface area contributed by atoms with Crippen LogP contribution in [0.2, 0.25) is 5.02 Å². The maximum absolute atomic E-state index is 12.7. The first-order valence-electron chi connectivity index (χ1n) is 9.24. The molecule has 1 heterocycles. The first-order valence-corrected chi connectivity index (χ1v) is 9.62. The molecule has 29 heavy (non-hydrogen) atoms. The number of pyridine rings is 1. The number of amides is 3. The summed E-state index contributed by atoms with van der Waals surface area (Å²) in [7, 11) is 0. The maximum Gasteiger partial charge on any atom is 0.429 e. The van der Waals surface area contributed by atoms with Gasteiger partial charge in [0.1, 0.15) is 11.4 Å². The van der Waals surface area contributed by atoms with E-state index in [-0.39, 0.29) is 11.7 Å². The van der Waals surface area contributed by atoms with Crippen LogP contribution in [0.5, 0.6) is 0 Å². The summed E-state index contributed by atoms with van der Waals surface area (Å²) in [5.74, 6) is -2.14. The number of nitriles is 1. The SMILES string of the molecule is CC(C)(C)OC(=O)N(NC(=O)C(=O)Nc1ccc(Cl)cn1)C1CCC[C@H](C#N)C1. The van der Waals surface area contributed by atoms with Gasteiger partial charge in [-0.05, 0) is 52.2 Å². The maximum atomic E-state index is 12.7. The molecule has 0 bridgehead atoms. The lowest BCUT2D eigenvalue weighted by molar-refractivity contribution is -0.140. The molecule has 156 valence electrons. The highest BCUT2D eigenvalue weighted by molar-refractivity contribution is 6.39. The number of hydrazine groups is 1. The number of hydrogen-bond donors (Lipinski definition) is 2. The molecular weight excluding hydrogens is 398 g/mol. The average Bonchev–Trinajstić information content (AvgIpc) is 2.66. The number of nitrogens with one attached hydrogen (secondary N) is 2. The van der Waals surface area contributed by atoms with Crippen molar-refractivity contribution in [3.05, 3.63) is 23.4 Å². The van der Waals surface area contributed by atoms with Crippen LogP contribution in [0.4, 0.5) is 10.6 Å². The van der Waals surface area contributed by atoms with Gasteiger partial charge in [0.05, 0.1) is 17.1 Å². The van der Waals surface area contributed by atoms with Gasteiger partial charge in [-0.2, -0.15) is 5.26 Å². The summed E-state index contributed by atoms with van der Waals surface area (Å²) in [5.41, 5.74) is 1.54. The highest BCUT2D eigenvalue weighted by Gasteiger charge is 2.35. The third kappa shape index (κ3) is 6.91. The van der Waals surface area contributed by atoms with E-state index in [4.69, 9.17) is 16.3 Å². The number of nitrogens with zero attached hydrogens (tertiary/aromatic N) is 3. The molecule has 0 saturated heterocycles. The zero-order chi connectivity index (χ0) is 21.6. The standard InChI is InChI=1S/C19H24ClN5O4/c1-19(2,3)29-18(28)25(14-6-4-5-12(9-14)10-21)24-17(27)16(26)23-15-8-7-13(20)11-22-15/h7-8,11-12,14H,4-6,9H2,1-3H3,(H,24,27)(H,22,23,26)/t12-,14?/m0/s1. The summed E-state index contributed by atoms with van der Waals surface area (Å²) in [6.45, 7) is 5.09. The molecule has 1 fully saturated rings. The fourth-order valence-electron chi connectivity index (χ4n) is 2.90. The van der Waals surface area contributed by atoms with Gasteiger partial charge in [-0.15, -0.1) is 0 Å². The fraction of sp³-hybridized carbons (Fsp3) is 0.526. The summed E-state index contributed by atoms with van der Waals surface area (Å²) in [5, 5.41) is 13.0. The van der Waals surface area contributed by atoms with Crippen LogP contribution in [0.25, 0.3) is 0 Å². The van der Waals surface area contributed by atoms with Gasteiger partial charge in [0.25, 0.3) is 0 Å². The lowest BCUT2D eigenvalue weighted by Gasteiger charge is -2.36. The largest absolute Gasteiger partial charge is 0.442 e. The number of hydrogen-bond acceptors (Lipinski definition) is 6. The van der Waals surface area contributed by atoms with E-state index in [1.165, 1.54) is 18.3 Å². The minimum atomic E-state index is -1.05. The smallest absolute Gasteiger partial charge is 0.429 e. The van der Waals surface area contributed by atoms with Crippen LogP contribution >= 0.6 is 11.6 Å². The predicted octanol–water partition coefficient (Wildman–Crippen LogP) is 3.02. The van der Waals surface area contributed by atoms with E-state index >= 15 is 0 Å². The van der Waals surface area contributed by atoms with Crippen LogP contribution in [-0.2, 0) is 14.3 Å². The summed E-state index contributed by atoms with van der Waals surface area (Å²) < 4.78 is 5.36. The van der Waals surface area contributed by atoms with E-state index in [0.717, 1.165) is 17.9 Å². The highest BCUT2D eigenvalue weighted by atomic mass is 35.5. The molecular formula is C19H24ClN5O4. The molecule has 9 nitrogen and oxygen atoms in total. The number of rotatable bonds is 2. The number of aromatic nitrogens is 1. The summed E-state index contributed by atoms with van der Waals surface area (Å²) in [6, 6.07) is 4.70. The Morgan fingerprint density at radius 1 is 1.28 bits per heavy atom. The Morgan fingerprint density at radius 3 is 2.59 bits per heavy atom. The second-order valence-corrected chi connectivity index (χ2v) is 8.19. The van der Waals surface area contributed by atoms with Crippen molar-refractivity contribution in [1.82, 2.24) is 15.4 Å². The van der Waals surface area contributed by atoms with Crippen LogP contribution in [0.3, 0.4) is 0 Å². The van der Waals surface area contributed by atoms with Crippen molar-refractivity contribution in [1.29, 1.82) is 5.26 Å². The topological polar surface area (TPSA) is 124 Å². The molecule has 2 atom stereocenters. The van der Waals surface area contributed by atoms with E-state index in [1.807, 2.05) is 0 Å². The molecule has 1 aliphatic carbocycles. The van der Waals surface area contributed by atoms with Crippen LogP contribution < -0.4 is 10.7 Å². The van der Waals surface area contributed by atoms with Crippen molar-refractivity contribution in [2.75, 3.05) is 5.32 Å². The van der Waals surface area contributed by atoms with Crippen molar-refractivity contribution in [2.24, 2.45) is 5.92 Å². The molecule has 0 aliphatic heterocycles. The molecule has 2 rings (SSSR count). The lowest BCUT2D eigenvalue weighted by Crippen LogP contribution is -2.56. The number of carbonyl (C=O) groups excluding carboxylic acids is 3. The summed E-state index contributed by atoms with van der Waals surface area (Å²) >= 11 is 5.74. The molecule has 1 aliphatic rings. The van der Waals surface area contributed by atoms with E-state index in [2.05, 4.69) is 21.8 Å². The zero-order valence-corrected chi connectivity index (χ0v) is 17.3. The Labute approximate surface area is 174 Å². The minimum absolute atomic E-state index is 0.139. The van der Waals surface area contributed by atoms with Crippen molar-refractivity contribution in [2.45, 2.75) is 58.1 Å². The van der Waals surface area contributed by atoms with E-state index < -0.39 is 29.6 Å². The normalized spacial score (nSPS) is 18.9. The van der Waals surface area contributed by atoms with Crippen molar-refractivity contribution in [3.63, 3.8) is 0 Å². The lowest BCUT2D eigenvalue weighted by atomic mass is 9.86. The number of anilines is 1. The van der Waals surface area contributed by atoms with Crippen molar-refractivity contribution < 1.29 is 19.1 Å². The predicted molar refractivity (Wildman–Crippen MR) is 105 cm³/mol. The summed E-state index contributed by atoms with van der Waals surface area (Å²) in [4.78, 5) is 41.2. The van der Waals surface area contributed by atoms with Crippen molar-refractivity contribution in [3.8, 4) is 6.07 Å². The van der Waals surface area contributed by atoms with Crippen LogP contribution in [0.1, 0.15) is 46.5 Å². The molecule has 1 saturated carbocycles. The Kier molecular flexibility index (Phi) is 7.40. The molecule has 1 unspecified atom stereocenters. The molecule has 0 radical (unpaired) electrons. The average molecular weight is 422 g/mol. The van der Waals surface area contributed by atoms with Gasteiger partial charge in [-0.3, -0.25) is 15.0 Å². The second kappa shape index (κ2) is 9.56. The second-order valence-electron chi connectivity index (χ2n) is 7.75.